The number of carbonyl (C=O) groups is 1. The molecule has 1 aliphatic carbocycles. The van der Waals surface area contributed by atoms with Gasteiger partial charge in [-0.2, -0.15) is 0 Å². The van der Waals surface area contributed by atoms with Crippen LogP contribution in [0.1, 0.15) is 88.6 Å². The molecule has 0 radical (unpaired) electrons. The van der Waals surface area contributed by atoms with Crippen molar-refractivity contribution in [1.82, 2.24) is 19.2 Å². The van der Waals surface area contributed by atoms with Gasteiger partial charge in [-0.05, 0) is 101 Å². The number of H-pyrrole nitrogens is 1. The Morgan fingerprint density at radius 2 is 1.68 bits per heavy atom. The topological polar surface area (TPSA) is 146 Å². The van der Waals surface area contributed by atoms with E-state index in [0.29, 0.717) is 42.5 Å². The fourth-order valence-corrected chi connectivity index (χ4v) is 8.16. The monoisotopic (exact) mass is 629 g/mol. The lowest BCUT2D eigenvalue weighted by molar-refractivity contribution is -0.125. The summed E-state index contributed by atoms with van der Waals surface area (Å²) in [6.45, 7) is 12.3. The fraction of sp³-hybridized carbons (Fsp3) is 0.656. The Hall–Kier alpha value is -2.96. The van der Waals surface area contributed by atoms with Crippen LogP contribution in [0.2, 0.25) is 0 Å². The molecule has 1 aromatic carbocycles. The highest BCUT2D eigenvalue weighted by Gasteiger charge is 2.48. The Kier molecular flexibility index (Phi) is 8.91. The summed E-state index contributed by atoms with van der Waals surface area (Å²) in [5.41, 5.74) is 1.55. The molecular weight excluding hydrogens is 582 g/mol. The van der Waals surface area contributed by atoms with E-state index in [1.54, 1.807) is 12.1 Å². The Morgan fingerprint density at radius 1 is 1.07 bits per heavy atom. The first kappa shape index (κ1) is 32.4. The lowest BCUT2D eigenvalue weighted by Crippen LogP contribution is -2.51. The zero-order valence-electron chi connectivity index (χ0n) is 26.8. The minimum Gasteiger partial charge on any atom is -0.493 e. The molecule has 1 amide bonds. The van der Waals surface area contributed by atoms with Gasteiger partial charge < -0.3 is 20.1 Å². The number of aromatic amines is 1. The van der Waals surface area contributed by atoms with Crippen LogP contribution in [0.5, 0.6) is 5.88 Å². The molecular formula is C32H47N5O6S. The molecule has 1 saturated carbocycles. The van der Waals surface area contributed by atoms with Gasteiger partial charge in [-0.15, -0.1) is 0 Å². The van der Waals surface area contributed by atoms with Crippen molar-refractivity contribution in [3.8, 4) is 11.6 Å². The molecule has 44 heavy (non-hydrogen) atoms. The van der Waals surface area contributed by atoms with E-state index in [-0.39, 0.29) is 37.2 Å². The minimum absolute atomic E-state index is 0.0567. The number of nitrogens with one attached hydrogen (secondary N) is 2. The number of aromatic hydroxyl groups is 1. The van der Waals surface area contributed by atoms with E-state index in [4.69, 9.17) is 9.73 Å². The molecule has 3 aliphatic rings. The van der Waals surface area contributed by atoms with E-state index < -0.39 is 26.9 Å². The fourth-order valence-electron chi connectivity index (χ4n) is 6.70. The maximum atomic E-state index is 13.4. The summed E-state index contributed by atoms with van der Waals surface area (Å²) in [5, 5.41) is 13.8. The summed E-state index contributed by atoms with van der Waals surface area (Å²) in [4.78, 5) is 33.3. The maximum absolute atomic E-state index is 13.4. The summed E-state index contributed by atoms with van der Waals surface area (Å²) in [7, 11) is -3.57. The number of hydrogen-bond acceptors (Lipinski definition) is 7. The third-order valence-corrected chi connectivity index (χ3v) is 11.4. The molecule has 5 rings (SSSR count). The first-order valence-electron chi connectivity index (χ1n) is 15.7. The molecule has 0 bridgehead atoms. The second-order valence-corrected chi connectivity index (χ2v) is 16.0. The molecule has 11 nitrogen and oxygen atoms in total. The summed E-state index contributed by atoms with van der Waals surface area (Å²) in [5.74, 6) is 1.44. The number of nitrogens with zero attached hydrogens (tertiary/aromatic N) is 3. The smallest absolute Gasteiger partial charge is 0.333 e. The quantitative estimate of drug-likeness (QED) is 0.404. The molecule has 1 spiro atoms. The predicted molar refractivity (Wildman–Crippen MR) is 170 cm³/mol. The first-order valence-corrected chi connectivity index (χ1v) is 17.4. The number of sulfonamides is 1. The molecule has 2 aliphatic heterocycles. The number of rotatable bonds is 8. The van der Waals surface area contributed by atoms with Crippen molar-refractivity contribution in [3.05, 3.63) is 45.0 Å². The number of benzene rings is 1. The van der Waals surface area contributed by atoms with Gasteiger partial charge in [-0.3, -0.25) is 9.79 Å². The Balaban J connectivity index is 1.23. The van der Waals surface area contributed by atoms with Crippen molar-refractivity contribution < 1.29 is 23.1 Å². The number of aromatic nitrogens is 2. The highest BCUT2D eigenvalue weighted by molar-refractivity contribution is 7.89. The molecule has 2 aromatic rings. The van der Waals surface area contributed by atoms with Gasteiger partial charge in [0.2, 0.25) is 15.9 Å². The number of piperidine rings is 1. The van der Waals surface area contributed by atoms with Gasteiger partial charge in [0.05, 0.1) is 23.6 Å². The highest BCUT2D eigenvalue weighted by atomic mass is 32.2. The zero-order chi connectivity index (χ0) is 32.0. The predicted octanol–water partition coefficient (Wildman–Crippen LogP) is 3.86. The highest BCUT2D eigenvalue weighted by Crippen LogP contribution is 2.36. The van der Waals surface area contributed by atoms with Crippen LogP contribution in [0.3, 0.4) is 0 Å². The third-order valence-electron chi connectivity index (χ3n) is 9.49. The lowest BCUT2D eigenvalue weighted by Gasteiger charge is -2.34. The van der Waals surface area contributed by atoms with Gasteiger partial charge in [0.15, 0.2) is 0 Å². The Morgan fingerprint density at radius 3 is 2.27 bits per heavy atom. The molecule has 3 N–H and O–H groups in total. The van der Waals surface area contributed by atoms with Crippen LogP contribution in [-0.4, -0.2) is 69.1 Å². The average Bonchev–Trinajstić information content (AvgIpc) is 3.41. The van der Waals surface area contributed by atoms with Gasteiger partial charge in [0, 0.05) is 19.0 Å². The third kappa shape index (κ3) is 6.67. The van der Waals surface area contributed by atoms with Gasteiger partial charge in [0.1, 0.15) is 17.1 Å². The molecule has 3 heterocycles. The van der Waals surface area contributed by atoms with E-state index in [1.807, 2.05) is 34.6 Å². The average molecular weight is 630 g/mol. The van der Waals surface area contributed by atoms with Gasteiger partial charge in [0.25, 0.3) is 5.91 Å². The Labute approximate surface area is 260 Å². The van der Waals surface area contributed by atoms with Crippen molar-refractivity contribution in [2.24, 2.45) is 16.8 Å². The van der Waals surface area contributed by atoms with E-state index >= 15 is 0 Å². The molecule has 1 saturated heterocycles. The molecule has 242 valence electrons. The van der Waals surface area contributed by atoms with Crippen molar-refractivity contribution in [2.75, 3.05) is 18.8 Å². The van der Waals surface area contributed by atoms with E-state index in [9.17, 15) is 23.1 Å². The SMILES string of the molecule is Cc1cc(-n2c(O)c(COC(C)(C)C)[nH]c2=O)cc(C)c1CCS(=O)(=O)N1CCC2(CC1)N=C(C1CCC(C)CC1)NC2=O. The Bertz CT molecular complexity index is 1580. The largest absolute Gasteiger partial charge is 0.493 e. The van der Waals surface area contributed by atoms with Gasteiger partial charge >= 0.3 is 5.69 Å². The summed E-state index contributed by atoms with van der Waals surface area (Å²) < 4.78 is 35.2. The number of hydrogen-bond donors (Lipinski definition) is 3. The van der Waals surface area contributed by atoms with Crippen LogP contribution in [-0.2, 0) is 32.6 Å². The maximum Gasteiger partial charge on any atom is 0.333 e. The molecule has 0 unspecified atom stereocenters. The van der Waals surface area contributed by atoms with E-state index in [1.165, 1.54) is 8.87 Å². The van der Waals surface area contributed by atoms with Crippen LogP contribution >= 0.6 is 0 Å². The summed E-state index contributed by atoms with van der Waals surface area (Å²) in [6, 6.07) is 3.56. The molecule has 2 fully saturated rings. The minimum atomic E-state index is -3.57. The summed E-state index contributed by atoms with van der Waals surface area (Å²) >= 11 is 0. The van der Waals surface area contributed by atoms with Gasteiger partial charge in [-0.1, -0.05) is 19.8 Å². The van der Waals surface area contributed by atoms with Crippen molar-refractivity contribution >= 4 is 21.8 Å². The second kappa shape index (κ2) is 12.1. The van der Waals surface area contributed by atoms with Crippen molar-refractivity contribution in [2.45, 2.75) is 104 Å². The number of aliphatic imine (C=N–C) groups is 1. The van der Waals surface area contributed by atoms with Crippen LogP contribution in [0, 0.1) is 25.7 Å². The normalized spacial score (nSPS) is 22.8. The number of carbonyl (C=O) groups excluding carboxylic acids is 1. The van der Waals surface area contributed by atoms with Crippen LogP contribution in [0.4, 0.5) is 0 Å². The molecule has 0 atom stereocenters. The molecule has 1 aromatic heterocycles. The van der Waals surface area contributed by atoms with Gasteiger partial charge in [-0.25, -0.2) is 22.1 Å². The van der Waals surface area contributed by atoms with Crippen LogP contribution in [0.15, 0.2) is 21.9 Å². The van der Waals surface area contributed by atoms with Crippen molar-refractivity contribution in [1.29, 1.82) is 0 Å². The van der Waals surface area contributed by atoms with E-state index in [0.717, 1.165) is 48.2 Å². The van der Waals surface area contributed by atoms with Crippen LogP contribution in [0.25, 0.3) is 5.69 Å². The van der Waals surface area contributed by atoms with Crippen LogP contribution < -0.4 is 11.0 Å². The number of amides is 1. The van der Waals surface area contributed by atoms with Crippen molar-refractivity contribution in [3.63, 3.8) is 0 Å². The number of amidine groups is 1. The lowest BCUT2D eigenvalue weighted by atomic mass is 9.82. The number of aryl methyl sites for hydroxylation is 2. The first-order chi connectivity index (χ1) is 20.6. The second-order valence-electron chi connectivity index (χ2n) is 13.9. The zero-order valence-corrected chi connectivity index (χ0v) is 27.6. The summed E-state index contributed by atoms with van der Waals surface area (Å²) in [6.07, 6.45) is 5.43. The standard InChI is InChI=1S/C32H47N5O6S/c1-20-7-9-23(10-8-20)27-34-29(39)32(35-27)12-14-36(15-13-32)44(41,42)16-11-25-21(2)17-24(18-22(25)3)37-28(38)26(33-30(37)40)19-43-31(4,5)6/h17-18,20,23,38H,7-16,19H2,1-6H3,(H,33,40)(H,34,35,39). The number of imidazole rings is 1. The number of ether oxygens (including phenoxy) is 1. The molecule has 12 heteroatoms. The van der Waals surface area contributed by atoms with E-state index in [2.05, 4.69) is 17.2 Å².